The van der Waals surface area contributed by atoms with Gasteiger partial charge in [-0.2, -0.15) is 11.8 Å². The molecule has 1 N–H and O–H groups in total. The van der Waals surface area contributed by atoms with Gasteiger partial charge in [-0.1, -0.05) is 6.42 Å². The molecule has 0 aromatic heterocycles. The second-order valence-corrected chi connectivity index (χ2v) is 6.49. The minimum Gasteiger partial charge on any atom is -0.351 e. The third-order valence-corrected chi connectivity index (χ3v) is 4.86. The van der Waals surface area contributed by atoms with E-state index in [9.17, 15) is 19.3 Å². The SMILES string of the molecule is Cc1cc([N+](=O)[O-])cc(C(=O)NCC2CCCCS2)c1F. The normalized spacial score (nSPS) is 18.3. The number of benzene rings is 1. The van der Waals surface area contributed by atoms with Crippen molar-refractivity contribution < 1.29 is 14.1 Å². The highest BCUT2D eigenvalue weighted by atomic mass is 32.2. The number of rotatable bonds is 4. The second kappa shape index (κ2) is 6.89. The molecule has 2 rings (SSSR count). The fourth-order valence-electron chi connectivity index (χ4n) is 2.29. The van der Waals surface area contributed by atoms with Crippen LogP contribution in [-0.4, -0.2) is 28.4 Å². The number of halogens is 1. The van der Waals surface area contributed by atoms with Crippen molar-refractivity contribution in [2.75, 3.05) is 12.3 Å². The van der Waals surface area contributed by atoms with Gasteiger partial charge in [0.1, 0.15) is 5.82 Å². The average Bonchev–Trinajstić information content (AvgIpc) is 2.48. The Bertz CT molecular complexity index is 559. The van der Waals surface area contributed by atoms with Crippen molar-refractivity contribution in [3.8, 4) is 0 Å². The summed E-state index contributed by atoms with van der Waals surface area (Å²) in [5.41, 5.74) is -0.435. The third-order valence-electron chi connectivity index (χ3n) is 3.46. The summed E-state index contributed by atoms with van der Waals surface area (Å²) in [5.74, 6) is -0.218. The van der Waals surface area contributed by atoms with Gasteiger partial charge in [-0.25, -0.2) is 4.39 Å². The molecule has 1 aliphatic heterocycles. The molecular formula is C14H17FN2O3S. The van der Waals surface area contributed by atoms with E-state index in [1.807, 2.05) is 0 Å². The smallest absolute Gasteiger partial charge is 0.270 e. The van der Waals surface area contributed by atoms with E-state index in [-0.39, 0.29) is 16.8 Å². The molecule has 0 bridgehead atoms. The van der Waals surface area contributed by atoms with Crippen LogP contribution in [0, 0.1) is 22.9 Å². The van der Waals surface area contributed by atoms with Gasteiger partial charge < -0.3 is 5.32 Å². The van der Waals surface area contributed by atoms with Gasteiger partial charge in [-0.3, -0.25) is 14.9 Å². The lowest BCUT2D eigenvalue weighted by Gasteiger charge is -2.21. The van der Waals surface area contributed by atoms with Gasteiger partial charge in [0.05, 0.1) is 10.5 Å². The first kappa shape index (κ1) is 15.8. The molecule has 114 valence electrons. The van der Waals surface area contributed by atoms with Crippen molar-refractivity contribution in [1.82, 2.24) is 5.32 Å². The van der Waals surface area contributed by atoms with Crippen molar-refractivity contribution in [1.29, 1.82) is 0 Å². The van der Waals surface area contributed by atoms with E-state index < -0.39 is 16.6 Å². The molecule has 1 saturated heterocycles. The molecule has 21 heavy (non-hydrogen) atoms. The Labute approximate surface area is 126 Å². The molecule has 1 heterocycles. The van der Waals surface area contributed by atoms with Crippen LogP contribution in [0.2, 0.25) is 0 Å². The minimum atomic E-state index is -0.700. The number of nitro benzene ring substituents is 1. The summed E-state index contributed by atoms with van der Waals surface area (Å²) >= 11 is 1.80. The number of carbonyl (C=O) groups excluding carboxylic acids is 1. The van der Waals surface area contributed by atoms with Crippen molar-refractivity contribution in [2.24, 2.45) is 0 Å². The standard InChI is InChI=1S/C14H17FN2O3S/c1-9-6-10(17(19)20)7-12(13(9)15)14(18)16-8-11-4-2-3-5-21-11/h6-7,11H,2-5,8H2,1H3,(H,16,18). The van der Waals surface area contributed by atoms with Gasteiger partial charge in [0.2, 0.25) is 0 Å². The predicted molar refractivity (Wildman–Crippen MR) is 80.2 cm³/mol. The quantitative estimate of drug-likeness (QED) is 0.685. The maximum atomic E-state index is 14.0. The Kier molecular flexibility index (Phi) is 5.17. The molecule has 1 atom stereocenters. The van der Waals surface area contributed by atoms with Gasteiger partial charge in [0.15, 0.2) is 0 Å². The molecule has 1 unspecified atom stereocenters. The number of hydrogen-bond acceptors (Lipinski definition) is 4. The first-order valence-corrected chi connectivity index (χ1v) is 7.88. The van der Waals surface area contributed by atoms with E-state index in [1.54, 1.807) is 11.8 Å². The summed E-state index contributed by atoms with van der Waals surface area (Å²) < 4.78 is 14.0. The topological polar surface area (TPSA) is 72.2 Å². The summed E-state index contributed by atoms with van der Waals surface area (Å²) in [7, 11) is 0. The zero-order chi connectivity index (χ0) is 15.4. The summed E-state index contributed by atoms with van der Waals surface area (Å²) in [4.78, 5) is 22.2. The van der Waals surface area contributed by atoms with Crippen LogP contribution < -0.4 is 5.32 Å². The number of nitro groups is 1. The van der Waals surface area contributed by atoms with Crippen LogP contribution in [-0.2, 0) is 0 Å². The summed E-state index contributed by atoms with van der Waals surface area (Å²) in [6.45, 7) is 1.88. The lowest BCUT2D eigenvalue weighted by atomic mass is 10.1. The Morgan fingerprint density at radius 2 is 2.29 bits per heavy atom. The lowest BCUT2D eigenvalue weighted by molar-refractivity contribution is -0.385. The van der Waals surface area contributed by atoms with E-state index >= 15 is 0 Å². The van der Waals surface area contributed by atoms with Crippen LogP contribution in [0.3, 0.4) is 0 Å². The van der Waals surface area contributed by atoms with Gasteiger partial charge >= 0.3 is 0 Å². The monoisotopic (exact) mass is 312 g/mol. The Morgan fingerprint density at radius 3 is 2.90 bits per heavy atom. The van der Waals surface area contributed by atoms with Gasteiger partial charge in [-0.15, -0.1) is 0 Å². The molecule has 5 nitrogen and oxygen atoms in total. The van der Waals surface area contributed by atoms with Crippen LogP contribution in [0.25, 0.3) is 0 Å². The molecule has 1 aliphatic rings. The van der Waals surface area contributed by atoms with Crippen LogP contribution in [0.5, 0.6) is 0 Å². The predicted octanol–water partition coefficient (Wildman–Crippen LogP) is 3.06. The number of thioether (sulfide) groups is 1. The van der Waals surface area contributed by atoms with Crippen molar-refractivity contribution in [3.63, 3.8) is 0 Å². The number of aryl methyl sites for hydroxylation is 1. The summed E-state index contributed by atoms with van der Waals surface area (Å²) in [6, 6.07) is 2.12. The van der Waals surface area contributed by atoms with Crippen LogP contribution in [0.15, 0.2) is 12.1 Å². The van der Waals surface area contributed by atoms with Crippen molar-refractivity contribution in [3.05, 3.63) is 39.2 Å². The summed E-state index contributed by atoms with van der Waals surface area (Å²) in [5, 5.41) is 13.8. The number of carbonyl (C=O) groups is 1. The fraction of sp³-hybridized carbons (Fsp3) is 0.500. The molecule has 7 heteroatoms. The fourth-order valence-corrected chi connectivity index (χ4v) is 3.53. The number of nitrogens with one attached hydrogen (secondary N) is 1. The Morgan fingerprint density at radius 1 is 1.52 bits per heavy atom. The maximum absolute atomic E-state index is 14.0. The molecule has 0 spiro atoms. The lowest BCUT2D eigenvalue weighted by Crippen LogP contribution is -2.32. The number of amides is 1. The number of non-ortho nitro benzene ring substituents is 1. The highest BCUT2D eigenvalue weighted by Crippen LogP contribution is 2.25. The van der Waals surface area contributed by atoms with E-state index in [2.05, 4.69) is 5.32 Å². The van der Waals surface area contributed by atoms with Crippen molar-refractivity contribution in [2.45, 2.75) is 31.4 Å². The Balaban J connectivity index is 2.09. The zero-order valence-corrected chi connectivity index (χ0v) is 12.5. The maximum Gasteiger partial charge on any atom is 0.270 e. The Hall–Kier alpha value is -1.63. The molecule has 0 radical (unpaired) electrons. The van der Waals surface area contributed by atoms with E-state index in [0.717, 1.165) is 30.7 Å². The van der Waals surface area contributed by atoms with Crippen LogP contribution in [0.4, 0.5) is 10.1 Å². The third kappa shape index (κ3) is 3.93. The average molecular weight is 312 g/mol. The second-order valence-electron chi connectivity index (χ2n) is 5.08. The number of hydrogen-bond donors (Lipinski definition) is 1. The van der Waals surface area contributed by atoms with Gasteiger partial charge in [-0.05, 0) is 31.1 Å². The first-order chi connectivity index (χ1) is 9.99. The van der Waals surface area contributed by atoms with Crippen molar-refractivity contribution >= 4 is 23.4 Å². The molecule has 1 amide bonds. The zero-order valence-electron chi connectivity index (χ0n) is 11.7. The first-order valence-electron chi connectivity index (χ1n) is 6.83. The van der Waals surface area contributed by atoms with Crippen LogP contribution >= 0.6 is 11.8 Å². The molecule has 1 aromatic carbocycles. The van der Waals surface area contributed by atoms with Gasteiger partial charge in [0.25, 0.3) is 11.6 Å². The van der Waals surface area contributed by atoms with E-state index in [4.69, 9.17) is 0 Å². The molecular weight excluding hydrogens is 295 g/mol. The highest BCUT2D eigenvalue weighted by Gasteiger charge is 2.21. The highest BCUT2D eigenvalue weighted by molar-refractivity contribution is 7.99. The molecule has 1 aromatic rings. The van der Waals surface area contributed by atoms with Crippen LogP contribution in [0.1, 0.15) is 35.2 Å². The molecule has 1 fully saturated rings. The minimum absolute atomic E-state index is 0.0985. The van der Waals surface area contributed by atoms with Gasteiger partial charge in [0, 0.05) is 23.9 Å². The largest absolute Gasteiger partial charge is 0.351 e. The number of nitrogens with zero attached hydrogens (tertiary/aromatic N) is 1. The van der Waals surface area contributed by atoms with E-state index in [0.29, 0.717) is 11.8 Å². The molecule has 0 saturated carbocycles. The molecule has 0 aliphatic carbocycles. The van der Waals surface area contributed by atoms with E-state index in [1.165, 1.54) is 13.3 Å². The summed E-state index contributed by atoms with van der Waals surface area (Å²) in [6.07, 6.45) is 3.35.